The van der Waals surface area contributed by atoms with Crippen LogP contribution in [0.4, 0.5) is 26.3 Å². The molecule has 2 aromatic heterocycles. The highest BCUT2D eigenvalue weighted by atomic mass is 32.2. The van der Waals surface area contributed by atoms with Crippen LogP contribution in [0.1, 0.15) is 36.9 Å². The van der Waals surface area contributed by atoms with E-state index in [1.165, 1.54) is 13.0 Å². The molecule has 0 saturated heterocycles. The van der Waals surface area contributed by atoms with Crippen LogP contribution in [0.15, 0.2) is 29.2 Å². The van der Waals surface area contributed by atoms with E-state index in [-0.39, 0.29) is 21.5 Å². The smallest absolute Gasteiger partial charge is 0.460 e. The molecule has 32 heavy (non-hydrogen) atoms. The van der Waals surface area contributed by atoms with E-state index in [2.05, 4.69) is 0 Å². The van der Waals surface area contributed by atoms with Gasteiger partial charge < -0.3 is 10.4 Å². The van der Waals surface area contributed by atoms with E-state index in [9.17, 15) is 45.2 Å². The van der Waals surface area contributed by atoms with Crippen LogP contribution in [0, 0.1) is 5.21 Å². The van der Waals surface area contributed by atoms with Crippen LogP contribution in [0.3, 0.4) is 0 Å². The van der Waals surface area contributed by atoms with Crippen molar-refractivity contribution in [2.75, 3.05) is 5.75 Å². The number of hydrogen-bond donors (Lipinski definition) is 1. The Bertz CT molecular complexity index is 1200. The van der Waals surface area contributed by atoms with Gasteiger partial charge in [-0.3, -0.25) is 0 Å². The second kappa shape index (κ2) is 7.67. The lowest BCUT2D eigenvalue weighted by molar-refractivity contribution is -0.675. The van der Waals surface area contributed by atoms with Gasteiger partial charge in [-0.1, -0.05) is 6.92 Å². The fraction of sp³-hybridized carbons (Fsp3) is 0.444. The molecule has 2 aromatic rings. The summed E-state index contributed by atoms with van der Waals surface area (Å²) in [4.78, 5) is -0.458. The van der Waals surface area contributed by atoms with Crippen LogP contribution in [-0.2, 0) is 16.9 Å². The Kier molecular flexibility index (Phi) is 5.73. The van der Waals surface area contributed by atoms with Crippen molar-refractivity contribution in [3.63, 3.8) is 0 Å². The first-order valence-corrected chi connectivity index (χ1v) is 10.9. The molecule has 3 rings (SSSR count). The maximum absolute atomic E-state index is 13.8. The number of rotatable bonds is 6. The Labute approximate surface area is 178 Å². The molecule has 176 valence electrons. The highest BCUT2D eigenvalue weighted by molar-refractivity contribution is 7.91. The van der Waals surface area contributed by atoms with Gasteiger partial charge in [-0.2, -0.15) is 26.7 Å². The molecule has 0 atom stereocenters. The molecule has 7 nitrogen and oxygen atoms in total. The summed E-state index contributed by atoms with van der Waals surface area (Å²) in [6, 6.07) is 1.27. The number of alkyl halides is 5. The van der Waals surface area contributed by atoms with Crippen molar-refractivity contribution in [2.24, 2.45) is 7.05 Å². The lowest BCUT2D eigenvalue weighted by Gasteiger charge is -2.17. The summed E-state index contributed by atoms with van der Waals surface area (Å²) in [5.41, 5.74) is -0.829. The minimum Gasteiger partial charge on any atom is -0.618 e. The number of imidazole rings is 1. The van der Waals surface area contributed by atoms with Gasteiger partial charge in [0.25, 0.3) is 0 Å². The first-order valence-electron chi connectivity index (χ1n) is 9.24. The van der Waals surface area contributed by atoms with Crippen LogP contribution in [-0.4, -0.2) is 36.2 Å². The van der Waals surface area contributed by atoms with Crippen molar-refractivity contribution in [1.82, 2.24) is 4.73 Å². The molecule has 0 amide bonds. The third kappa shape index (κ3) is 4.02. The summed E-state index contributed by atoms with van der Waals surface area (Å²) < 4.78 is 104. The fourth-order valence-corrected chi connectivity index (χ4v) is 4.22. The molecule has 1 aliphatic rings. The second-order valence-electron chi connectivity index (χ2n) is 7.34. The molecular weight excluding hydrogens is 468 g/mol. The van der Waals surface area contributed by atoms with Gasteiger partial charge in [-0.15, -0.1) is 0 Å². The van der Waals surface area contributed by atoms with Crippen molar-refractivity contribution in [1.29, 1.82) is 0 Å². The minimum atomic E-state index is -6.20. The van der Waals surface area contributed by atoms with E-state index < -0.39 is 55.6 Å². The predicted molar refractivity (Wildman–Crippen MR) is 97.0 cm³/mol. The van der Waals surface area contributed by atoms with Gasteiger partial charge in [0.2, 0.25) is 0 Å². The highest BCUT2D eigenvalue weighted by Crippen LogP contribution is 2.43. The summed E-state index contributed by atoms with van der Waals surface area (Å²) >= 11 is 0. The van der Waals surface area contributed by atoms with Gasteiger partial charge in [-0.25, -0.2) is 17.4 Å². The SMILES string of the molecule is CCS(=O)(=O)c1cc(C2CC2)c[n+]([O-])c1-c1n(O)cc(/C=C(/F)C(F)(F)C(F)(F)F)[n+]1C. The van der Waals surface area contributed by atoms with Crippen molar-refractivity contribution in [3.8, 4) is 11.5 Å². The quantitative estimate of drug-likeness (QED) is 0.294. The standard InChI is InChI=1S/C18H18F6N3O4S/c1-3-32(30,31)13-6-11(10-4-5-10)8-26(28)15(13)16-25(2)12(9-27(16)29)7-14(19)17(20,21)18(22,23)24/h6-10,29H,3-5H2,1-2H3/q+1/b14-7+. The number of pyridine rings is 1. The second-order valence-corrected chi connectivity index (χ2v) is 9.58. The lowest BCUT2D eigenvalue weighted by atomic mass is 10.1. The summed E-state index contributed by atoms with van der Waals surface area (Å²) in [5, 5.41) is 22.9. The molecule has 2 heterocycles. The van der Waals surface area contributed by atoms with Gasteiger partial charge in [0.05, 0.1) is 12.8 Å². The molecule has 0 unspecified atom stereocenters. The average Bonchev–Trinajstić information content (AvgIpc) is 3.48. The Hall–Kier alpha value is -2.77. The molecule has 1 saturated carbocycles. The zero-order chi connectivity index (χ0) is 24.2. The van der Waals surface area contributed by atoms with Crippen LogP contribution in [0.25, 0.3) is 17.6 Å². The van der Waals surface area contributed by atoms with E-state index in [0.717, 1.165) is 30.7 Å². The zero-order valence-electron chi connectivity index (χ0n) is 16.7. The number of sulfone groups is 1. The largest absolute Gasteiger partial charge is 0.618 e. The number of halogens is 6. The molecular formula is C18H18F6N3O4S+. The monoisotopic (exact) mass is 486 g/mol. The molecule has 0 bridgehead atoms. The molecule has 0 aromatic carbocycles. The van der Waals surface area contributed by atoms with Gasteiger partial charge in [-0.05, 0) is 29.6 Å². The van der Waals surface area contributed by atoms with Crippen molar-refractivity contribution < 1.29 is 49.3 Å². The number of aromatic nitrogens is 3. The van der Waals surface area contributed by atoms with Crippen LogP contribution >= 0.6 is 0 Å². The topological polar surface area (TPSA) is 90.1 Å². The maximum atomic E-state index is 13.8. The summed E-state index contributed by atoms with van der Waals surface area (Å²) in [7, 11) is -3.00. The Morgan fingerprint density at radius 2 is 1.91 bits per heavy atom. The minimum absolute atomic E-state index is 0.0121. The number of nitrogens with zero attached hydrogens (tertiary/aromatic N) is 3. The average molecular weight is 486 g/mol. The van der Waals surface area contributed by atoms with E-state index in [1.807, 2.05) is 0 Å². The van der Waals surface area contributed by atoms with Gasteiger partial charge in [0.1, 0.15) is 4.90 Å². The summed E-state index contributed by atoms with van der Waals surface area (Å²) in [6.45, 7) is 1.32. The van der Waals surface area contributed by atoms with E-state index in [1.54, 1.807) is 0 Å². The Balaban J connectivity index is 2.23. The van der Waals surface area contributed by atoms with Crippen LogP contribution in [0.5, 0.6) is 0 Å². The molecule has 0 aliphatic heterocycles. The van der Waals surface area contributed by atoms with Crippen LogP contribution in [0.2, 0.25) is 0 Å². The van der Waals surface area contributed by atoms with Gasteiger partial charge in [0, 0.05) is 11.6 Å². The van der Waals surface area contributed by atoms with Gasteiger partial charge >= 0.3 is 23.6 Å². The lowest BCUT2D eigenvalue weighted by Crippen LogP contribution is -2.41. The zero-order valence-corrected chi connectivity index (χ0v) is 17.5. The normalized spacial score (nSPS) is 15.9. The van der Waals surface area contributed by atoms with Gasteiger partial charge in [0.15, 0.2) is 33.8 Å². The Morgan fingerprint density at radius 3 is 2.41 bits per heavy atom. The molecule has 0 radical (unpaired) electrons. The molecule has 0 spiro atoms. The van der Waals surface area contributed by atoms with Crippen LogP contribution < -0.4 is 9.30 Å². The first-order chi connectivity index (χ1) is 14.6. The maximum Gasteiger partial charge on any atom is 0.460 e. The third-order valence-electron chi connectivity index (χ3n) is 5.10. The molecule has 14 heteroatoms. The van der Waals surface area contributed by atoms with E-state index >= 15 is 0 Å². The first kappa shape index (κ1) is 23.9. The molecule has 1 fully saturated rings. The van der Waals surface area contributed by atoms with Crippen molar-refractivity contribution in [3.05, 3.63) is 40.8 Å². The van der Waals surface area contributed by atoms with E-state index in [4.69, 9.17) is 0 Å². The summed E-state index contributed by atoms with van der Waals surface area (Å²) in [5.74, 6) is -9.63. The van der Waals surface area contributed by atoms with Crippen molar-refractivity contribution >= 4 is 15.9 Å². The van der Waals surface area contributed by atoms with E-state index in [0.29, 0.717) is 11.8 Å². The molecule has 1 aliphatic carbocycles. The number of allylic oxidation sites excluding steroid dienone is 1. The summed E-state index contributed by atoms with van der Waals surface area (Å²) in [6.07, 6.45) is -3.20. The number of hydrogen-bond acceptors (Lipinski definition) is 4. The highest BCUT2D eigenvalue weighted by Gasteiger charge is 2.61. The predicted octanol–water partition coefficient (Wildman–Crippen LogP) is 3.03. The third-order valence-corrected chi connectivity index (χ3v) is 6.84. The fourth-order valence-electron chi connectivity index (χ4n) is 3.11. The molecule has 1 N–H and O–H groups in total. The van der Waals surface area contributed by atoms with Crippen molar-refractivity contribution in [2.45, 2.75) is 42.7 Å². The Morgan fingerprint density at radius 1 is 1.31 bits per heavy atom.